The van der Waals surface area contributed by atoms with Crippen LogP contribution in [0.5, 0.6) is 23.0 Å². The van der Waals surface area contributed by atoms with Gasteiger partial charge in [-0.25, -0.2) is 9.50 Å². The van der Waals surface area contributed by atoms with Crippen LogP contribution in [0.4, 0.5) is 11.5 Å². The molecule has 164 valence electrons. The first-order valence-corrected chi connectivity index (χ1v) is 9.83. The van der Waals surface area contributed by atoms with Crippen molar-refractivity contribution in [1.29, 1.82) is 5.26 Å². The molecule has 4 rings (SSSR count). The Bertz CT molecular complexity index is 1310. The lowest BCUT2D eigenvalue weighted by atomic mass is 10.1. The van der Waals surface area contributed by atoms with Crippen LogP contribution in [0, 0.1) is 11.3 Å². The maximum Gasteiger partial charge on any atom is 0.203 e. The summed E-state index contributed by atoms with van der Waals surface area (Å²) in [4.78, 5) is 4.71. The van der Waals surface area contributed by atoms with E-state index in [1.165, 1.54) is 0 Å². The predicted octanol–water partition coefficient (Wildman–Crippen LogP) is 4.63. The lowest BCUT2D eigenvalue weighted by Crippen LogP contribution is -1.99. The summed E-state index contributed by atoms with van der Waals surface area (Å²) in [5, 5.41) is 16.3. The third-order valence-corrected chi connectivity index (χ3v) is 5.22. The summed E-state index contributed by atoms with van der Waals surface area (Å²) in [5.74, 6) is 2.59. The molecule has 2 aromatic heterocycles. The molecule has 0 amide bonds. The SMILES string of the molecule is COc1ccc(Nc2c(-c3cc(OC)c(OC)c(OC)c3)nc3c(C#N)c[nH]n23)cc1Cl. The maximum atomic E-state index is 9.48. The van der Waals surface area contributed by atoms with Crippen LogP contribution in [0.15, 0.2) is 36.5 Å². The number of benzene rings is 2. The summed E-state index contributed by atoms with van der Waals surface area (Å²) in [6.07, 6.45) is 1.59. The van der Waals surface area contributed by atoms with Gasteiger partial charge >= 0.3 is 0 Å². The van der Waals surface area contributed by atoms with E-state index in [9.17, 15) is 5.26 Å². The number of nitrogens with zero attached hydrogens (tertiary/aromatic N) is 3. The zero-order valence-corrected chi connectivity index (χ0v) is 18.6. The lowest BCUT2D eigenvalue weighted by Gasteiger charge is -2.14. The fraction of sp³-hybridized carbons (Fsp3) is 0.182. The van der Waals surface area contributed by atoms with Crippen molar-refractivity contribution in [1.82, 2.24) is 14.6 Å². The second kappa shape index (κ2) is 8.61. The van der Waals surface area contributed by atoms with Gasteiger partial charge in [0, 0.05) is 17.4 Å². The number of hydrogen-bond acceptors (Lipinski definition) is 7. The third-order valence-electron chi connectivity index (χ3n) is 4.93. The number of nitrogens with one attached hydrogen (secondary N) is 2. The van der Waals surface area contributed by atoms with Crippen LogP contribution in [0.25, 0.3) is 16.9 Å². The van der Waals surface area contributed by atoms with Gasteiger partial charge in [-0.05, 0) is 30.3 Å². The Labute approximate surface area is 189 Å². The van der Waals surface area contributed by atoms with Crippen LogP contribution in [-0.2, 0) is 0 Å². The minimum absolute atomic E-state index is 0.402. The molecule has 4 aromatic rings. The van der Waals surface area contributed by atoms with E-state index in [4.69, 9.17) is 35.5 Å². The van der Waals surface area contributed by atoms with Crippen LogP contribution < -0.4 is 24.3 Å². The highest BCUT2D eigenvalue weighted by Gasteiger charge is 2.22. The van der Waals surface area contributed by atoms with E-state index in [0.29, 0.717) is 62.0 Å². The highest BCUT2D eigenvalue weighted by molar-refractivity contribution is 6.32. The van der Waals surface area contributed by atoms with Crippen molar-refractivity contribution < 1.29 is 18.9 Å². The molecule has 0 bridgehead atoms. The fourth-order valence-electron chi connectivity index (χ4n) is 3.42. The predicted molar refractivity (Wildman–Crippen MR) is 121 cm³/mol. The minimum Gasteiger partial charge on any atom is -0.495 e. The average Bonchev–Trinajstić information content (AvgIpc) is 3.37. The Morgan fingerprint density at radius 3 is 2.25 bits per heavy atom. The van der Waals surface area contributed by atoms with Crippen LogP contribution in [0.1, 0.15) is 5.56 Å². The summed E-state index contributed by atoms with van der Waals surface area (Å²) in [5.41, 5.74) is 2.85. The molecule has 0 aliphatic carbocycles. The van der Waals surface area contributed by atoms with Crippen LogP contribution in [-0.4, -0.2) is 43.0 Å². The van der Waals surface area contributed by atoms with Crippen LogP contribution >= 0.6 is 11.6 Å². The summed E-state index contributed by atoms with van der Waals surface area (Å²) in [6.45, 7) is 0. The molecule has 0 unspecified atom stereocenters. The number of halogens is 1. The average molecular weight is 454 g/mol. The van der Waals surface area contributed by atoms with Crippen LogP contribution in [0.2, 0.25) is 5.02 Å². The van der Waals surface area contributed by atoms with E-state index >= 15 is 0 Å². The van der Waals surface area contributed by atoms with E-state index in [-0.39, 0.29) is 0 Å². The van der Waals surface area contributed by atoms with Crippen molar-refractivity contribution in [2.24, 2.45) is 0 Å². The molecule has 0 fully saturated rings. The van der Waals surface area contributed by atoms with Crippen molar-refractivity contribution in [2.75, 3.05) is 33.8 Å². The number of hydrogen-bond donors (Lipinski definition) is 2. The number of methoxy groups -OCH3 is 4. The smallest absolute Gasteiger partial charge is 0.203 e. The molecule has 32 heavy (non-hydrogen) atoms. The molecule has 9 nitrogen and oxygen atoms in total. The maximum absolute atomic E-state index is 9.48. The molecular weight excluding hydrogens is 434 g/mol. The Morgan fingerprint density at radius 2 is 1.69 bits per heavy atom. The van der Waals surface area contributed by atoms with Crippen LogP contribution in [0.3, 0.4) is 0 Å². The van der Waals surface area contributed by atoms with E-state index in [2.05, 4.69) is 16.5 Å². The molecule has 2 heterocycles. The number of aromatic nitrogens is 3. The molecule has 0 saturated heterocycles. The fourth-order valence-corrected chi connectivity index (χ4v) is 3.68. The van der Waals surface area contributed by atoms with Gasteiger partial charge in [0.25, 0.3) is 0 Å². The third kappa shape index (κ3) is 3.50. The van der Waals surface area contributed by atoms with E-state index < -0.39 is 0 Å². The summed E-state index contributed by atoms with van der Waals surface area (Å²) in [7, 11) is 6.19. The van der Waals surface area contributed by atoms with Crippen molar-refractivity contribution in [3.63, 3.8) is 0 Å². The van der Waals surface area contributed by atoms with E-state index in [0.717, 1.165) is 0 Å². The first kappa shape index (κ1) is 21.2. The van der Waals surface area contributed by atoms with Gasteiger partial charge in [-0.3, -0.25) is 5.10 Å². The highest BCUT2D eigenvalue weighted by Crippen LogP contribution is 2.43. The second-order valence-corrected chi connectivity index (χ2v) is 7.06. The number of imidazole rings is 1. The minimum atomic E-state index is 0.402. The molecule has 0 radical (unpaired) electrons. The Kier molecular flexibility index (Phi) is 5.71. The van der Waals surface area contributed by atoms with E-state index in [1.807, 2.05) is 6.07 Å². The Hall–Kier alpha value is -4.03. The summed E-state index contributed by atoms with van der Waals surface area (Å²) >= 11 is 6.30. The first-order valence-electron chi connectivity index (χ1n) is 9.45. The Balaban J connectivity index is 1.91. The van der Waals surface area contributed by atoms with Gasteiger partial charge in [0.05, 0.1) is 33.5 Å². The molecule has 0 saturated carbocycles. The molecule has 10 heteroatoms. The van der Waals surface area contributed by atoms with Gasteiger partial charge in [0.15, 0.2) is 23.0 Å². The number of anilines is 2. The van der Waals surface area contributed by atoms with Gasteiger partial charge < -0.3 is 24.3 Å². The van der Waals surface area contributed by atoms with Crippen molar-refractivity contribution in [3.05, 3.63) is 47.1 Å². The zero-order valence-electron chi connectivity index (χ0n) is 17.8. The van der Waals surface area contributed by atoms with Crippen molar-refractivity contribution >= 4 is 28.8 Å². The van der Waals surface area contributed by atoms with Crippen molar-refractivity contribution in [2.45, 2.75) is 0 Å². The number of aromatic amines is 1. The molecule has 0 aliphatic rings. The molecule has 0 aliphatic heterocycles. The molecule has 0 atom stereocenters. The number of fused-ring (bicyclic) bond motifs is 1. The zero-order chi connectivity index (χ0) is 22.8. The number of rotatable bonds is 7. The number of nitriles is 1. The molecule has 2 aromatic carbocycles. The summed E-state index contributed by atoms with van der Waals surface area (Å²) < 4.78 is 23.3. The molecule has 2 N–H and O–H groups in total. The van der Waals surface area contributed by atoms with Gasteiger partial charge in [-0.1, -0.05) is 11.6 Å². The van der Waals surface area contributed by atoms with Crippen molar-refractivity contribution in [3.8, 4) is 40.3 Å². The number of ether oxygens (including phenoxy) is 4. The van der Waals surface area contributed by atoms with Gasteiger partial charge in [-0.2, -0.15) is 5.26 Å². The lowest BCUT2D eigenvalue weighted by molar-refractivity contribution is 0.324. The van der Waals surface area contributed by atoms with E-state index in [1.54, 1.807) is 63.4 Å². The number of H-pyrrole nitrogens is 1. The van der Waals surface area contributed by atoms with Gasteiger partial charge in [-0.15, -0.1) is 0 Å². The highest BCUT2D eigenvalue weighted by atomic mass is 35.5. The first-order chi connectivity index (χ1) is 15.5. The topological polar surface area (TPSA) is 106 Å². The summed E-state index contributed by atoms with van der Waals surface area (Å²) in [6, 6.07) is 11.1. The monoisotopic (exact) mass is 453 g/mol. The Morgan fingerprint density at radius 1 is 1.00 bits per heavy atom. The largest absolute Gasteiger partial charge is 0.495 e. The second-order valence-electron chi connectivity index (χ2n) is 6.66. The molecular formula is C22H20ClN5O4. The normalized spacial score (nSPS) is 10.6. The van der Waals surface area contributed by atoms with Gasteiger partial charge in [0.1, 0.15) is 23.1 Å². The quantitative estimate of drug-likeness (QED) is 0.420. The van der Waals surface area contributed by atoms with Gasteiger partial charge in [0.2, 0.25) is 5.75 Å². The standard InChI is InChI=1S/C22H20ClN5O4/c1-29-16-6-5-14(9-15(16)23)26-22-19(27-21-13(10-24)11-25-28(21)22)12-7-17(30-2)20(32-4)18(8-12)31-3/h5-9,11,25-26H,1-4H3. The molecule has 0 spiro atoms.